The van der Waals surface area contributed by atoms with E-state index in [0.29, 0.717) is 0 Å². The molecular weight excluding hydrogens is 394 g/mol. The van der Waals surface area contributed by atoms with Crippen molar-refractivity contribution in [3.63, 3.8) is 0 Å². The van der Waals surface area contributed by atoms with E-state index in [1.165, 1.54) is 5.56 Å². The lowest BCUT2D eigenvalue weighted by Gasteiger charge is -2.36. The largest absolute Gasteiger partial charge is 0.375 e. The van der Waals surface area contributed by atoms with E-state index in [9.17, 15) is 4.79 Å². The van der Waals surface area contributed by atoms with Crippen molar-refractivity contribution in [2.75, 3.05) is 5.32 Å². The molecule has 3 aromatic carbocycles. The highest BCUT2D eigenvalue weighted by Gasteiger charge is 2.44. The van der Waals surface area contributed by atoms with E-state index in [2.05, 4.69) is 61.6 Å². The average molecular weight is 418 g/mol. The van der Waals surface area contributed by atoms with Crippen LogP contribution in [0.15, 0.2) is 91.0 Å². The summed E-state index contributed by atoms with van der Waals surface area (Å²) >= 11 is 0. The molecule has 156 valence electrons. The van der Waals surface area contributed by atoms with Crippen molar-refractivity contribution in [1.82, 2.24) is 9.55 Å². The Hall–Kier alpha value is -3.92. The number of benzene rings is 3. The summed E-state index contributed by atoms with van der Waals surface area (Å²) in [6.45, 7) is 4.26. The molecule has 1 aromatic heterocycles. The molecule has 1 N–H and O–H groups in total. The molecule has 1 atom stereocenters. The average Bonchev–Trinajstić information content (AvgIpc) is 3.46. The summed E-state index contributed by atoms with van der Waals surface area (Å²) in [5.74, 6) is 0.735. The number of hydrogen-bond donors (Lipinski definition) is 1. The molecule has 1 aliphatic carbocycles. The number of aromatic nitrogens is 2. The van der Waals surface area contributed by atoms with Crippen LogP contribution < -0.4 is 5.32 Å². The second kappa shape index (κ2) is 6.79. The molecule has 6 rings (SSSR count). The second-order valence-corrected chi connectivity index (χ2v) is 8.76. The minimum absolute atomic E-state index is 0.0273. The highest BCUT2D eigenvalue weighted by molar-refractivity contribution is 6.05. The monoisotopic (exact) mass is 417 g/mol. The number of nitrogens with one attached hydrogen (secondary N) is 1. The number of aryl methyl sites for hydroxylation is 1. The van der Waals surface area contributed by atoms with Crippen molar-refractivity contribution in [1.29, 1.82) is 0 Å². The fourth-order valence-electron chi connectivity index (χ4n) is 4.94. The summed E-state index contributed by atoms with van der Waals surface area (Å²) in [5.41, 5.74) is 6.12. The molecule has 2 heterocycles. The van der Waals surface area contributed by atoms with E-state index in [0.717, 1.165) is 39.2 Å². The number of allylic oxidation sites excluding steroid dienone is 2. The fourth-order valence-corrected chi connectivity index (χ4v) is 4.94. The second-order valence-electron chi connectivity index (χ2n) is 8.76. The van der Waals surface area contributed by atoms with E-state index in [4.69, 9.17) is 4.98 Å². The molecular formula is C28H23N3O. The smallest absolute Gasteiger partial charge is 0.264 e. The van der Waals surface area contributed by atoms with Gasteiger partial charge in [-0.3, -0.25) is 9.36 Å². The first-order valence-electron chi connectivity index (χ1n) is 10.9. The first kappa shape index (κ1) is 18.8. The van der Waals surface area contributed by atoms with E-state index in [1.807, 2.05) is 53.1 Å². The van der Waals surface area contributed by atoms with Gasteiger partial charge in [0.2, 0.25) is 0 Å². The molecule has 0 bridgehead atoms. The third-order valence-electron chi connectivity index (χ3n) is 6.71. The van der Waals surface area contributed by atoms with Gasteiger partial charge in [0.15, 0.2) is 0 Å². The van der Waals surface area contributed by atoms with E-state index < -0.39 is 5.41 Å². The van der Waals surface area contributed by atoms with Gasteiger partial charge in [-0.15, -0.1) is 0 Å². The fraction of sp³-hybridized carbons (Fsp3) is 0.143. The van der Waals surface area contributed by atoms with Crippen LogP contribution >= 0.6 is 0 Å². The lowest BCUT2D eigenvalue weighted by molar-refractivity contribution is 0.0949. The Morgan fingerprint density at radius 3 is 2.50 bits per heavy atom. The predicted octanol–water partition coefficient (Wildman–Crippen LogP) is 5.61. The molecule has 1 aliphatic heterocycles. The Morgan fingerprint density at radius 2 is 1.72 bits per heavy atom. The maximum absolute atomic E-state index is 13.7. The summed E-state index contributed by atoms with van der Waals surface area (Å²) in [4.78, 5) is 18.7. The molecule has 0 amide bonds. The van der Waals surface area contributed by atoms with Gasteiger partial charge in [0.25, 0.3) is 5.91 Å². The third-order valence-corrected chi connectivity index (χ3v) is 6.71. The van der Waals surface area contributed by atoms with Crippen LogP contribution in [0.1, 0.15) is 39.8 Å². The van der Waals surface area contributed by atoms with Crippen molar-refractivity contribution < 1.29 is 4.79 Å². The maximum atomic E-state index is 13.7. The maximum Gasteiger partial charge on any atom is 0.264 e. The van der Waals surface area contributed by atoms with Crippen molar-refractivity contribution in [2.45, 2.75) is 25.3 Å². The Morgan fingerprint density at radius 1 is 0.969 bits per heavy atom. The van der Waals surface area contributed by atoms with Gasteiger partial charge in [-0.2, -0.15) is 0 Å². The lowest BCUT2D eigenvalue weighted by atomic mass is 9.71. The van der Waals surface area contributed by atoms with Crippen molar-refractivity contribution in [2.24, 2.45) is 0 Å². The molecule has 4 aromatic rings. The number of carbonyl (C=O) groups is 1. The first-order chi connectivity index (χ1) is 15.6. The Balaban J connectivity index is 1.60. The quantitative estimate of drug-likeness (QED) is 0.471. The normalized spacial score (nSPS) is 19.4. The molecule has 0 spiro atoms. The zero-order valence-corrected chi connectivity index (χ0v) is 18.0. The van der Waals surface area contributed by atoms with Gasteiger partial charge in [-0.05, 0) is 49.2 Å². The van der Waals surface area contributed by atoms with E-state index in [-0.39, 0.29) is 11.9 Å². The number of nitrogens with zero attached hydrogens (tertiary/aromatic N) is 2. The lowest BCUT2D eigenvalue weighted by Crippen LogP contribution is -2.38. The molecule has 2 aliphatic rings. The van der Waals surface area contributed by atoms with Gasteiger partial charge in [-0.25, -0.2) is 4.98 Å². The van der Waals surface area contributed by atoms with Crippen LogP contribution in [-0.4, -0.2) is 21.5 Å². The highest BCUT2D eigenvalue weighted by atomic mass is 16.2. The Labute approximate surface area is 186 Å². The SMILES string of the molecule is Cc1ccc(C2(C)c3ccccc3C(=O)n3c2nc2ccc(NC4C=CC=C4)cc23)cc1. The number of carbonyl (C=O) groups excluding carboxylic acids is 1. The number of rotatable bonds is 3. The Bertz CT molecular complexity index is 1430. The van der Waals surface area contributed by atoms with Gasteiger partial charge in [0, 0.05) is 11.3 Å². The summed E-state index contributed by atoms with van der Waals surface area (Å²) in [6, 6.07) is 22.7. The van der Waals surface area contributed by atoms with Crippen molar-refractivity contribution in [3.05, 3.63) is 119 Å². The van der Waals surface area contributed by atoms with Crippen LogP contribution in [0.2, 0.25) is 0 Å². The van der Waals surface area contributed by atoms with Crippen LogP contribution in [0.4, 0.5) is 5.69 Å². The molecule has 1 unspecified atom stereocenters. The minimum Gasteiger partial charge on any atom is -0.375 e. The van der Waals surface area contributed by atoms with Crippen LogP contribution in [0.5, 0.6) is 0 Å². The molecule has 0 saturated heterocycles. The molecule has 0 fully saturated rings. The predicted molar refractivity (Wildman–Crippen MR) is 128 cm³/mol. The summed E-state index contributed by atoms with van der Waals surface area (Å²) in [7, 11) is 0. The standard InChI is InChI=1S/C28H23N3O/c1-18-11-13-19(14-12-18)28(2)23-10-6-5-9-22(23)26(32)31-25-17-21(29-20-7-3-4-8-20)15-16-24(25)30-27(28)31/h3-17,20,29H,1-2H3. The van der Waals surface area contributed by atoms with Gasteiger partial charge < -0.3 is 5.32 Å². The van der Waals surface area contributed by atoms with Gasteiger partial charge >= 0.3 is 0 Å². The number of anilines is 1. The van der Waals surface area contributed by atoms with Crippen molar-refractivity contribution >= 4 is 22.6 Å². The number of fused-ring (bicyclic) bond motifs is 4. The first-order valence-corrected chi connectivity index (χ1v) is 10.9. The minimum atomic E-state index is -0.540. The molecule has 0 radical (unpaired) electrons. The number of imidazole rings is 1. The third kappa shape index (κ3) is 2.62. The zero-order chi connectivity index (χ0) is 21.9. The summed E-state index contributed by atoms with van der Waals surface area (Å²) in [5, 5.41) is 3.50. The number of hydrogen-bond acceptors (Lipinski definition) is 3. The van der Waals surface area contributed by atoms with Crippen LogP contribution in [0, 0.1) is 6.92 Å². The summed E-state index contributed by atoms with van der Waals surface area (Å²) in [6.07, 6.45) is 8.27. The molecule has 4 nitrogen and oxygen atoms in total. The van der Waals surface area contributed by atoms with Gasteiger partial charge in [0.05, 0.1) is 22.5 Å². The molecule has 4 heteroatoms. The molecule has 0 saturated carbocycles. The van der Waals surface area contributed by atoms with Gasteiger partial charge in [-0.1, -0.05) is 72.3 Å². The zero-order valence-electron chi connectivity index (χ0n) is 18.0. The van der Waals surface area contributed by atoms with Crippen molar-refractivity contribution in [3.8, 4) is 0 Å². The van der Waals surface area contributed by atoms with Crippen LogP contribution in [0.3, 0.4) is 0 Å². The van der Waals surface area contributed by atoms with Gasteiger partial charge in [0.1, 0.15) is 5.82 Å². The highest BCUT2D eigenvalue weighted by Crippen LogP contribution is 2.44. The Kier molecular flexibility index (Phi) is 3.99. The molecule has 32 heavy (non-hydrogen) atoms. The summed E-state index contributed by atoms with van der Waals surface area (Å²) < 4.78 is 1.81. The topological polar surface area (TPSA) is 46.9 Å². The van der Waals surface area contributed by atoms with E-state index in [1.54, 1.807) is 0 Å². The van der Waals surface area contributed by atoms with E-state index >= 15 is 0 Å². The van der Waals surface area contributed by atoms with Crippen LogP contribution in [-0.2, 0) is 5.41 Å². The van der Waals surface area contributed by atoms with Crippen LogP contribution in [0.25, 0.3) is 11.0 Å².